The lowest BCUT2D eigenvalue weighted by Gasteiger charge is -2.34. The van der Waals surface area contributed by atoms with Gasteiger partial charge in [0.05, 0.1) is 11.0 Å². The molecule has 0 spiro atoms. The second kappa shape index (κ2) is 8.92. The molecule has 33 heavy (non-hydrogen) atoms. The molecule has 5 rings (SSSR count). The normalized spacial score (nSPS) is 20.1. The molecule has 0 amide bonds. The summed E-state index contributed by atoms with van der Waals surface area (Å²) in [5.41, 5.74) is 6.21. The molecule has 0 radical (unpaired) electrons. The Balaban J connectivity index is 1.61. The zero-order chi connectivity index (χ0) is 23.1. The Labute approximate surface area is 195 Å². The molecule has 2 heterocycles. The van der Waals surface area contributed by atoms with Crippen molar-refractivity contribution in [2.24, 2.45) is 0 Å². The number of nitrogens with zero attached hydrogens (tertiary/aromatic N) is 3. The lowest BCUT2D eigenvalue weighted by Crippen LogP contribution is -2.33. The maximum Gasteiger partial charge on any atom is 0.127 e. The Morgan fingerprint density at radius 3 is 2.67 bits per heavy atom. The quantitative estimate of drug-likeness (QED) is 0.432. The van der Waals surface area contributed by atoms with E-state index in [1.807, 2.05) is 6.07 Å². The van der Waals surface area contributed by atoms with E-state index in [9.17, 15) is 9.18 Å². The molecular formula is C28H34FN3O. The standard InChI is InChI=1S/C28H34FN3O/c1-18-9-11-20(15-24(18)29)21(17-33)16-27-30-28-23-12-10-19(2)31(3)25(23)13-14-26(28)32(27)22-7-5-4-6-8-22/h9,11,13-15,17,19,21-22H,4-8,10,12,16H2,1-3H3. The number of carbonyl (C=O) groups excluding carboxylic acids is 1. The highest BCUT2D eigenvalue weighted by Gasteiger charge is 2.28. The first kappa shape index (κ1) is 22.1. The summed E-state index contributed by atoms with van der Waals surface area (Å²) in [7, 11) is 2.17. The average Bonchev–Trinajstić information content (AvgIpc) is 3.20. The van der Waals surface area contributed by atoms with Crippen molar-refractivity contribution in [3.63, 3.8) is 0 Å². The largest absolute Gasteiger partial charge is 0.372 e. The molecule has 1 aliphatic carbocycles. The van der Waals surface area contributed by atoms with Gasteiger partial charge in [-0.05, 0) is 68.9 Å². The van der Waals surface area contributed by atoms with Crippen molar-refractivity contribution in [2.75, 3.05) is 11.9 Å². The van der Waals surface area contributed by atoms with Crippen LogP contribution >= 0.6 is 0 Å². The van der Waals surface area contributed by atoms with Gasteiger partial charge in [0, 0.05) is 42.7 Å². The summed E-state index contributed by atoms with van der Waals surface area (Å²) in [5, 5.41) is 0. The fourth-order valence-electron chi connectivity index (χ4n) is 5.79. The number of benzene rings is 2. The highest BCUT2D eigenvalue weighted by molar-refractivity contribution is 5.86. The molecule has 5 heteroatoms. The van der Waals surface area contributed by atoms with E-state index in [1.54, 1.807) is 13.0 Å². The van der Waals surface area contributed by atoms with Gasteiger partial charge in [0.2, 0.25) is 0 Å². The third-order valence-corrected chi connectivity index (χ3v) is 8.00. The molecule has 2 aromatic carbocycles. The number of carbonyl (C=O) groups is 1. The van der Waals surface area contributed by atoms with Gasteiger partial charge in [-0.3, -0.25) is 0 Å². The number of aldehydes is 1. The molecule has 2 aliphatic rings. The Morgan fingerprint density at radius 2 is 1.94 bits per heavy atom. The van der Waals surface area contributed by atoms with Crippen molar-refractivity contribution < 1.29 is 9.18 Å². The number of rotatable bonds is 5. The summed E-state index contributed by atoms with van der Waals surface area (Å²) in [6, 6.07) is 10.6. The summed E-state index contributed by atoms with van der Waals surface area (Å²) >= 11 is 0. The van der Waals surface area contributed by atoms with Gasteiger partial charge in [0.15, 0.2) is 0 Å². The molecule has 1 saturated carbocycles. The van der Waals surface area contributed by atoms with Crippen molar-refractivity contribution in [1.29, 1.82) is 0 Å². The predicted octanol–water partition coefficient (Wildman–Crippen LogP) is 6.29. The third kappa shape index (κ3) is 3.96. The van der Waals surface area contributed by atoms with Crippen molar-refractivity contribution in [3.8, 4) is 0 Å². The summed E-state index contributed by atoms with van der Waals surface area (Å²) in [6.07, 6.45) is 9.65. The lowest BCUT2D eigenvalue weighted by molar-refractivity contribution is -0.109. The fourth-order valence-corrected chi connectivity index (χ4v) is 5.79. The van der Waals surface area contributed by atoms with Crippen LogP contribution in [-0.2, 0) is 17.6 Å². The van der Waals surface area contributed by atoms with Gasteiger partial charge in [-0.1, -0.05) is 31.4 Å². The molecule has 174 valence electrons. The number of aryl methyl sites for hydroxylation is 2. The molecule has 1 aliphatic heterocycles. The van der Waals surface area contributed by atoms with Gasteiger partial charge >= 0.3 is 0 Å². The average molecular weight is 448 g/mol. The van der Waals surface area contributed by atoms with Crippen LogP contribution in [0.5, 0.6) is 0 Å². The Bertz CT molecular complexity index is 1180. The topological polar surface area (TPSA) is 38.1 Å². The minimum absolute atomic E-state index is 0.258. The molecule has 4 nitrogen and oxygen atoms in total. The summed E-state index contributed by atoms with van der Waals surface area (Å²) in [4.78, 5) is 19.7. The molecular weight excluding hydrogens is 413 g/mol. The van der Waals surface area contributed by atoms with Crippen LogP contribution in [0.2, 0.25) is 0 Å². The van der Waals surface area contributed by atoms with E-state index >= 15 is 0 Å². The second-order valence-corrected chi connectivity index (χ2v) is 10.1. The molecule has 0 N–H and O–H groups in total. The Morgan fingerprint density at radius 1 is 1.15 bits per heavy atom. The van der Waals surface area contributed by atoms with E-state index in [2.05, 4.69) is 35.6 Å². The van der Waals surface area contributed by atoms with E-state index in [0.29, 0.717) is 24.1 Å². The molecule has 0 saturated heterocycles. The van der Waals surface area contributed by atoms with Gasteiger partial charge in [-0.15, -0.1) is 0 Å². The second-order valence-electron chi connectivity index (χ2n) is 10.1. The first-order chi connectivity index (χ1) is 16.0. The van der Waals surface area contributed by atoms with E-state index in [0.717, 1.165) is 48.9 Å². The van der Waals surface area contributed by atoms with Gasteiger partial charge in [-0.25, -0.2) is 9.37 Å². The van der Waals surface area contributed by atoms with Crippen LogP contribution in [0, 0.1) is 12.7 Å². The number of imidazole rings is 1. The minimum atomic E-state index is -0.405. The molecule has 1 fully saturated rings. The van der Waals surface area contributed by atoms with Crippen LogP contribution < -0.4 is 4.90 Å². The van der Waals surface area contributed by atoms with Crippen LogP contribution in [0.3, 0.4) is 0 Å². The number of hydrogen-bond acceptors (Lipinski definition) is 3. The minimum Gasteiger partial charge on any atom is -0.372 e. The zero-order valence-electron chi connectivity index (χ0n) is 20.0. The lowest BCUT2D eigenvalue weighted by atomic mass is 9.93. The van der Waals surface area contributed by atoms with E-state index in [4.69, 9.17) is 4.98 Å². The number of aromatic nitrogens is 2. The van der Waals surface area contributed by atoms with Crippen molar-refractivity contribution in [1.82, 2.24) is 9.55 Å². The molecule has 1 aromatic heterocycles. The van der Waals surface area contributed by atoms with Crippen LogP contribution in [-0.4, -0.2) is 28.9 Å². The number of anilines is 1. The van der Waals surface area contributed by atoms with Crippen LogP contribution in [0.1, 0.15) is 79.9 Å². The van der Waals surface area contributed by atoms with E-state index < -0.39 is 5.92 Å². The molecule has 0 bridgehead atoms. The van der Waals surface area contributed by atoms with E-state index in [-0.39, 0.29) is 5.82 Å². The molecule has 3 aromatic rings. The fraction of sp³-hybridized carbons (Fsp3) is 0.500. The van der Waals surface area contributed by atoms with Gasteiger partial charge in [0.25, 0.3) is 0 Å². The van der Waals surface area contributed by atoms with Crippen LogP contribution in [0.4, 0.5) is 10.1 Å². The van der Waals surface area contributed by atoms with Gasteiger partial charge in [0.1, 0.15) is 17.9 Å². The van der Waals surface area contributed by atoms with Crippen LogP contribution in [0.25, 0.3) is 11.0 Å². The van der Waals surface area contributed by atoms with Crippen molar-refractivity contribution in [2.45, 2.75) is 83.2 Å². The van der Waals surface area contributed by atoms with Gasteiger partial charge in [-0.2, -0.15) is 0 Å². The number of halogens is 1. The van der Waals surface area contributed by atoms with Crippen molar-refractivity contribution in [3.05, 3.63) is 58.7 Å². The smallest absolute Gasteiger partial charge is 0.127 e. The summed E-state index contributed by atoms with van der Waals surface area (Å²) in [6.45, 7) is 4.02. The third-order valence-electron chi connectivity index (χ3n) is 8.00. The Kier molecular flexibility index (Phi) is 5.98. The maximum atomic E-state index is 14.3. The van der Waals surface area contributed by atoms with Crippen LogP contribution in [0.15, 0.2) is 30.3 Å². The summed E-state index contributed by atoms with van der Waals surface area (Å²) < 4.78 is 16.7. The first-order valence-electron chi connectivity index (χ1n) is 12.4. The molecule has 2 atom stereocenters. The zero-order valence-corrected chi connectivity index (χ0v) is 20.0. The first-order valence-corrected chi connectivity index (χ1v) is 12.4. The maximum absolute atomic E-state index is 14.3. The highest BCUT2D eigenvalue weighted by atomic mass is 19.1. The number of hydrogen-bond donors (Lipinski definition) is 0. The SMILES string of the molecule is Cc1ccc(C(C=O)Cc2nc3c4c(ccc3n2C2CCCCC2)N(C)C(C)CC4)cc1F. The Hall–Kier alpha value is -2.69. The predicted molar refractivity (Wildman–Crippen MR) is 132 cm³/mol. The molecule has 2 unspecified atom stereocenters. The number of fused-ring (bicyclic) bond motifs is 3. The summed E-state index contributed by atoms with van der Waals surface area (Å²) in [5.74, 6) is 0.300. The highest BCUT2D eigenvalue weighted by Crippen LogP contribution is 2.39. The monoisotopic (exact) mass is 447 g/mol. The van der Waals surface area contributed by atoms with Gasteiger partial charge < -0.3 is 14.3 Å². The van der Waals surface area contributed by atoms with E-state index in [1.165, 1.54) is 42.1 Å². The van der Waals surface area contributed by atoms with Crippen molar-refractivity contribution >= 4 is 23.0 Å².